The van der Waals surface area contributed by atoms with Gasteiger partial charge in [0, 0.05) is 26.6 Å². The number of likely N-dealkylation sites (tertiary alicyclic amines) is 1. The zero-order chi connectivity index (χ0) is 33.5. The standard InChI is InChI=1S/C37H42N6O4/c1-4-26(2)34(43(27(3)44)35-20-39-25-41(35)21-29-16-14-28(19-38)15-17-29)23-40(24-36(45)42-18-8-13-33(42)37(46)47)22-31-11-7-10-30-9-5-6-12-32(30)31/h5-7,9-12,14-17,20,25-26,33-34H,4,8,13,18,21-24H2,1-3H3,(H,46,47)/t26-,33-,34+/m0/s1. The van der Waals surface area contributed by atoms with E-state index in [0.29, 0.717) is 50.4 Å². The molecule has 2 amide bonds. The molecule has 1 aromatic heterocycles. The molecule has 1 fully saturated rings. The zero-order valence-electron chi connectivity index (χ0n) is 27.2. The summed E-state index contributed by atoms with van der Waals surface area (Å²) < 4.78 is 1.93. The van der Waals surface area contributed by atoms with Crippen LogP contribution in [0.2, 0.25) is 0 Å². The van der Waals surface area contributed by atoms with Crippen LogP contribution >= 0.6 is 0 Å². The molecule has 0 spiro atoms. The van der Waals surface area contributed by atoms with Crippen LogP contribution in [0.3, 0.4) is 0 Å². The number of carbonyl (C=O) groups is 3. The number of carbonyl (C=O) groups excluding carboxylic acids is 2. The van der Waals surface area contributed by atoms with E-state index in [2.05, 4.69) is 54.1 Å². The van der Waals surface area contributed by atoms with Crippen molar-refractivity contribution in [3.05, 3.63) is 95.9 Å². The molecule has 0 aliphatic carbocycles. The SMILES string of the molecule is CC[C@H](C)[C@@H](CN(CC(=O)N1CCC[C@H]1C(=O)O)Cc1cccc2ccccc12)N(C(C)=O)c1cncn1Cc1ccc(C#N)cc1. The minimum atomic E-state index is -0.979. The molecule has 3 atom stereocenters. The van der Waals surface area contributed by atoms with Gasteiger partial charge in [0.25, 0.3) is 0 Å². The third-order valence-corrected chi connectivity index (χ3v) is 9.28. The molecule has 47 heavy (non-hydrogen) atoms. The highest BCUT2D eigenvalue weighted by Crippen LogP contribution is 2.27. The lowest BCUT2D eigenvalue weighted by molar-refractivity contribution is -0.148. The highest BCUT2D eigenvalue weighted by Gasteiger charge is 2.36. The van der Waals surface area contributed by atoms with E-state index in [1.165, 1.54) is 4.90 Å². The summed E-state index contributed by atoms with van der Waals surface area (Å²) in [5, 5.41) is 21.2. The van der Waals surface area contributed by atoms with Crippen LogP contribution in [0, 0.1) is 17.2 Å². The number of carboxylic acid groups (broad SMARTS) is 1. The summed E-state index contributed by atoms with van der Waals surface area (Å²) in [5.74, 6) is -0.640. The number of fused-ring (bicyclic) bond motifs is 1. The van der Waals surface area contributed by atoms with E-state index < -0.39 is 12.0 Å². The first-order valence-electron chi connectivity index (χ1n) is 16.2. The van der Waals surface area contributed by atoms with Gasteiger partial charge in [-0.15, -0.1) is 0 Å². The number of imidazole rings is 1. The molecule has 1 N–H and O–H groups in total. The number of hydrogen-bond acceptors (Lipinski definition) is 6. The van der Waals surface area contributed by atoms with Crippen LogP contribution in [0.5, 0.6) is 0 Å². The van der Waals surface area contributed by atoms with E-state index >= 15 is 0 Å². The quantitative estimate of drug-likeness (QED) is 0.212. The fourth-order valence-corrected chi connectivity index (χ4v) is 6.60. The Kier molecular flexibility index (Phi) is 10.7. The number of nitriles is 1. The maximum Gasteiger partial charge on any atom is 0.326 e. The Morgan fingerprint density at radius 1 is 1.09 bits per heavy atom. The molecule has 244 valence electrons. The molecule has 0 unspecified atom stereocenters. The number of carboxylic acids is 1. The minimum Gasteiger partial charge on any atom is -0.480 e. The fraction of sp³-hybridized carbons (Fsp3) is 0.378. The predicted molar refractivity (Wildman–Crippen MR) is 180 cm³/mol. The maximum atomic E-state index is 13.8. The van der Waals surface area contributed by atoms with Crippen LogP contribution in [0.25, 0.3) is 10.8 Å². The lowest BCUT2D eigenvalue weighted by atomic mass is 9.96. The van der Waals surface area contributed by atoms with E-state index in [1.807, 2.05) is 34.9 Å². The summed E-state index contributed by atoms with van der Waals surface area (Å²) in [6.07, 6.45) is 5.29. The maximum absolute atomic E-state index is 13.8. The van der Waals surface area contributed by atoms with Gasteiger partial charge in [0.05, 0.1) is 43.3 Å². The molecule has 10 nitrogen and oxygen atoms in total. The van der Waals surface area contributed by atoms with E-state index in [9.17, 15) is 24.8 Å². The van der Waals surface area contributed by atoms with Crippen molar-refractivity contribution in [1.82, 2.24) is 19.4 Å². The van der Waals surface area contributed by atoms with Gasteiger partial charge >= 0.3 is 5.97 Å². The van der Waals surface area contributed by atoms with Crippen LogP contribution in [0.4, 0.5) is 5.82 Å². The first-order valence-corrected chi connectivity index (χ1v) is 16.2. The summed E-state index contributed by atoms with van der Waals surface area (Å²) in [6, 6.07) is 22.6. The van der Waals surface area contributed by atoms with Crippen molar-refractivity contribution in [2.24, 2.45) is 5.92 Å². The summed E-state index contributed by atoms with van der Waals surface area (Å²) in [7, 11) is 0. The smallest absolute Gasteiger partial charge is 0.326 e. The number of hydrogen-bond donors (Lipinski definition) is 1. The number of rotatable bonds is 13. The second kappa shape index (κ2) is 15.1. The lowest BCUT2D eigenvalue weighted by Crippen LogP contribution is -2.52. The van der Waals surface area contributed by atoms with Crippen molar-refractivity contribution in [3.63, 3.8) is 0 Å². The van der Waals surface area contributed by atoms with Gasteiger partial charge in [-0.1, -0.05) is 74.9 Å². The Bertz CT molecular complexity index is 1760. The van der Waals surface area contributed by atoms with Gasteiger partial charge in [-0.2, -0.15) is 5.26 Å². The van der Waals surface area contributed by atoms with Gasteiger partial charge in [0.2, 0.25) is 11.8 Å². The van der Waals surface area contributed by atoms with Crippen molar-refractivity contribution in [3.8, 4) is 6.07 Å². The van der Waals surface area contributed by atoms with E-state index in [-0.39, 0.29) is 30.3 Å². The summed E-state index contributed by atoms with van der Waals surface area (Å²) in [5.41, 5.74) is 2.59. The van der Waals surface area contributed by atoms with E-state index in [0.717, 1.165) is 28.3 Å². The molecule has 5 rings (SSSR count). The Morgan fingerprint density at radius 2 is 1.83 bits per heavy atom. The van der Waals surface area contributed by atoms with Crippen molar-refractivity contribution in [2.75, 3.05) is 24.5 Å². The summed E-state index contributed by atoms with van der Waals surface area (Å²) in [6.45, 7) is 7.49. The number of nitrogens with zero attached hydrogens (tertiary/aromatic N) is 6. The minimum absolute atomic E-state index is 0.0240. The van der Waals surface area contributed by atoms with Crippen LogP contribution in [-0.4, -0.2) is 74.0 Å². The average Bonchev–Trinajstić information content (AvgIpc) is 3.75. The van der Waals surface area contributed by atoms with Gasteiger partial charge in [0.1, 0.15) is 11.9 Å². The fourth-order valence-electron chi connectivity index (χ4n) is 6.60. The number of anilines is 1. The largest absolute Gasteiger partial charge is 0.480 e. The molecule has 4 aromatic rings. The van der Waals surface area contributed by atoms with Gasteiger partial charge in [-0.05, 0) is 52.8 Å². The summed E-state index contributed by atoms with van der Waals surface area (Å²) in [4.78, 5) is 49.1. The number of benzene rings is 3. The van der Waals surface area contributed by atoms with Gasteiger partial charge in [-0.25, -0.2) is 9.78 Å². The van der Waals surface area contributed by atoms with Crippen LogP contribution < -0.4 is 4.90 Å². The van der Waals surface area contributed by atoms with Gasteiger partial charge in [0.15, 0.2) is 0 Å². The van der Waals surface area contributed by atoms with Crippen LogP contribution in [0.15, 0.2) is 79.3 Å². The molecule has 10 heteroatoms. The van der Waals surface area contributed by atoms with E-state index in [1.54, 1.807) is 36.5 Å². The van der Waals surface area contributed by atoms with Crippen molar-refractivity contribution >= 4 is 34.4 Å². The Labute approximate surface area is 275 Å². The molecular weight excluding hydrogens is 592 g/mol. The van der Waals surface area contributed by atoms with Gasteiger partial charge in [-0.3, -0.25) is 19.4 Å². The van der Waals surface area contributed by atoms with Crippen molar-refractivity contribution < 1.29 is 19.5 Å². The third-order valence-electron chi connectivity index (χ3n) is 9.28. The highest BCUT2D eigenvalue weighted by atomic mass is 16.4. The number of aliphatic carboxylic acids is 1. The number of aromatic nitrogens is 2. The summed E-state index contributed by atoms with van der Waals surface area (Å²) >= 11 is 0. The molecular formula is C37H42N6O4. The Hall–Kier alpha value is -5.01. The molecule has 2 heterocycles. The first-order chi connectivity index (χ1) is 22.7. The normalized spacial score (nSPS) is 15.8. The zero-order valence-corrected chi connectivity index (χ0v) is 27.2. The van der Waals surface area contributed by atoms with Crippen molar-refractivity contribution in [1.29, 1.82) is 5.26 Å². The Morgan fingerprint density at radius 3 is 2.53 bits per heavy atom. The molecule has 3 aromatic carbocycles. The molecule has 0 saturated carbocycles. The molecule has 1 aliphatic heterocycles. The average molecular weight is 635 g/mol. The molecule has 1 saturated heterocycles. The molecule has 1 aliphatic rings. The highest BCUT2D eigenvalue weighted by molar-refractivity contribution is 5.91. The Balaban J connectivity index is 1.49. The van der Waals surface area contributed by atoms with E-state index in [4.69, 9.17) is 0 Å². The molecule has 0 radical (unpaired) electrons. The third kappa shape index (κ3) is 7.69. The predicted octanol–water partition coefficient (Wildman–Crippen LogP) is 5.30. The van der Waals surface area contributed by atoms with Crippen LogP contribution in [0.1, 0.15) is 56.7 Å². The lowest BCUT2D eigenvalue weighted by Gasteiger charge is -2.39. The number of amides is 2. The second-order valence-electron chi connectivity index (χ2n) is 12.4. The first kappa shape index (κ1) is 33.4. The van der Waals surface area contributed by atoms with Crippen molar-refractivity contribution in [2.45, 2.75) is 65.2 Å². The monoisotopic (exact) mass is 634 g/mol. The molecule has 0 bridgehead atoms. The second-order valence-corrected chi connectivity index (χ2v) is 12.4. The van der Waals surface area contributed by atoms with Gasteiger partial charge < -0.3 is 14.6 Å². The topological polar surface area (TPSA) is 123 Å². The van der Waals surface area contributed by atoms with Crippen LogP contribution in [-0.2, 0) is 27.5 Å².